The minimum Gasteiger partial charge on any atom is -0.462 e. The summed E-state index contributed by atoms with van der Waals surface area (Å²) in [4.78, 5) is 23.4. The Labute approximate surface area is 121 Å². The first-order valence-electron chi connectivity index (χ1n) is 6.46. The molecule has 0 aliphatic heterocycles. The standard InChI is InChI=1S/C14H16N4O3/c1-2-21-14(20)11-5-4-10(18-7-3-6-16-18)8-12(11)17-13(19)9-15/h3-8H,2,9,15H2,1H3,(H,17,19). The number of carbonyl (C=O) groups is 2. The van der Waals surface area contributed by atoms with Gasteiger partial charge >= 0.3 is 5.97 Å². The van der Waals surface area contributed by atoms with Crippen LogP contribution in [0.5, 0.6) is 0 Å². The zero-order valence-electron chi connectivity index (χ0n) is 11.6. The van der Waals surface area contributed by atoms with Gasteiger partial charge in [0.25, 0.3) is 0 Å². The highest BCUT2D eigenvalue weighted by Crippen LogP contribution is 2.21. The molecule has 3 N–H and O–H groups in total. The summed E-state index contributed by atoms with van der Waals surface area (Å²) >= 11 is 0. The lowest BCUT2D eigenvalue weighted by molar-refractivity contribution is -0.114. The van der Waals surface area contributed by atoms with E-state index in [1.807, 2.05) is 0 Å². The lowest BCUT2D eigenvalue weighted by atomic mass is 10.1. The number of nitrogens with two attached hydrogens (primary N) is 1. The van der Waals surface area contributed by atoms with Crippen LogP contribution in [-0.4, -0.2) is 34.8 Å². The van der Waals surface area contributed by atoms with Crippen LogP contribution in [0.1, 0.15) is 17.3 Å². The second kappa shape index (κ2) is 6.67. The topological polar surface area (TPSA) is 99.2 Å². The molecule has 1 heterocycles. The number of nitrogens with zero attached hydrogens (tertiary/aromatic N) is 2. The molecule has 0 spiro atoms. The van der Waals surface area contributed by atoms with Crippen LogP contribution < -0.4 is 11.1 Å². The number of rotatable bonds is 5. The first-order chi connectivity index (χ1) is 10.2. The number of carbonyl (C=O) groups excluding carboxylic acids is 2. The molecule has 7 heteroatoms. The molecule has 0 atom stereocenters. The van der Waals surface area contributed by atoms with E-state index in [0.717, 1.165) is 0 Å². The molecule has 0 radical (unpaired) electrons. The fourth-order valence-electron chi connectivity index (χ4n) is 1.79. The SMILES string of the molecule is CCOC(=O)c1ccc(-n2cccn2)cc1NC(=O)CN. The quantitative estimate of drug-likeness (QED) is 0.798. The molecule has 21 heavy (non-hydrogen) atoms. The predicted molar refractivity (Wildman–Crippen MR) is 77.2 cm³/mol. The number of benzene rings is 1. The van der Waals surface area contributed by atoms with E-state index in [1.54, 1.807) is 48.3 Å². The van der Waals surface area contributed by atoms with Crippen molar-refractivity contribution < 1.29 is 14.3 Å². The number of ether oxygens (including phenoxy) is 1. The second-order valence-corrected chi connectivity index (χ2v) is 4.15. The third kappa shape index (κ3) is 3.46. The van der Waals surface area contributed by atoms with E-state index < -0.39 is 11.9 Å². The van der Waals surface area contributed by atoms with Crippen molar-refractivity contribution in [2.45, 2.75) is 6.92 Å². The van der Waals surface area contributed by atoms with E-state index in [2.05, 4.69) is 10.4 Å². The normalized spacial score (nSPS) is 10.2. The van der Waals surface area contributed by atoms with Gasteiger partial charge in [-0.25, -0.2) is 9.48 Å². The van der Waals surface area contributed by atoms with Gasteiger partial charge < -0.3 is 15.8 Å². The summed E-state index contributed by atoms with van der Waals surface area (Å²) in [6, 6.07) is 6.72. The van der Waals surface area contributed by atoms with Gasteiger partial charge in [0, 0.05) is 12.4 Å². The van der Waals surface area contributed by atoms with Gasteiger partial charge in [0.15, 0.2) is 0 Å². The first-order valence-corrected chi connectivity index (χ1v) is 6.46. The number of esters is 1. The largest absolute Gasteiger partial charge is 0.462 e. The summed E-state index contributed by atoms with van der Waals surface area (Å²) < 4.78 is 6.59. The van der Waals surface area contributed by atoms with Crippen molar-refractivity contribution in [2.24, 2.45) is 5.73 Å². The van der Waals surface area contributed by atoms with Gasteiger partial charge in [0.05, 0.1) is 30.1 Å². The van der Waals surface area contributed by atoms with Crippen molar-refractivity contribution in [1.29, 1.82) is 0 Å². The summed E-state index contributed by atoms with van der Waals surface area (Å²) in [5, 5.41) is 6.70. The maximum Gasteiger partial charge on any atom is 0.340 e. The molecule has 0 aliphatic rings. The number of hydrogen-bond acceptors (Lipinski definition) is 5. The van der Waals surface area contributed by atoms with E-state index in [0.29, 0.717) is 11.4 Å². The number of hydrogen-bond donors (Lipinski definition) is 2. The third-order valence-corrected chi connectivity index (χ3v) is 2.73. The van der Waals surface area contributed by atoms with Gasteiger partial charge in [-0.2, -0.15) is 5.10 Å². The minimum absolute atomic E-state index is 0.172. The molecule has 7 nitrogen and oxygen atoms in total. The van der Waals surface area contributed by atoms with Crippen LogP contribution in [0.15, 0.2) is 36.7 Å². The van der Waals surface area contributed by atoms with Crippen LogP contribution in [0, 0.1) is 0 Å². The average molecular weight is 288 g/mol. The molecule has 0 saturated heterocycles. The van der Waals surface area contributed by atoms with Crippen molar-refractivity contribution in [3.8, 4) is 5.69 Å². The number of anilines is 1. The lowest BCUT2D eigenvalue weighted by Gasteiger charge is -2.12. The van der Waals surface area contributed by atoms with Crippen LogP contribution in [-0.2, 0) is 9.53 Å². The highest BCUT2D eigenvalue weighted by atomic mass is 16.5. The van der Waals surface area contributed by atoms with Crippen LogP contribution in [0.4, 0.5) is 5.69 Å². The van der Waals surface area contributed by atoms with Gasteiger partial charge in [0.2, 0.25) is 5.91 Å². The van der Waals surface area contributed by atoms with Gasteiger partial charge in [0.1, 0.15) is 0 Å². The van der Waals surface area contributed by atoms with Crippen molar-refractivity contribution in [3.05, 3.63) is 42.2 Å². The first kappa shape index (κ1) is 14.7. The maximum atomic E-state index is 11.9. The Balaban J connectivity index is 2.40. The van der Waals surface area contributed by atoms with Crippen LogP contribution in [0.3, 0.4) is 0 Å². The third-order valence-electron chi connectivity index (χ3n) is 2.73. The van der Waals surface area contributed by atoms with Crippen LogP contribution in [0.2, 0.25) is 0 Å². The highest BCUT2D eigenvalue weighted by molar-refractivity contribution is 6.02. The molecule has 1 aromatic carbocycles. The predicted octanol–water partition coefficient (Wildman–Crippen LogP) is 0.946. The summed E-state index contributed by atoms with van der Waals surface area (Å²) in [5.41, 5.74) is 6.62. The molecule has 2 rings (SSSR count). The van der Waals surface area contributed by atoms with E-state index in [-0.39, 0.29) is 18.7 Å². The number of nitrogens with one attached hydrogen (secondary N) is 1. The molecule has 0 saturated carbocycles. The van der Waals surface area contributed by atoms with Crippen molar-refractivity contribution in [2.75, 3.05) is 18.5 Å². The maximum absolute atomic E-state index is 11.9. The highest BCUT2D eigenvalue weighted by Gasteiger charge is 2.15. The molecular weight excluding hydrogens is 272 g/mol. The molecular formula is C14H16N4O3. The molecule has 0 unspecified atom stereocenters. The molecule has 0 bridgehead atoms. The molecule has 1 amide bonds. The van der Waals surface area contributed by atoms with Crippen molar-refractivity contribution in [3.63, 3.8) is 0 Å². The second-order valence-electron chi connectivity index (χ2n) is 4.15. The van der Waals surface area contributed by atoms with Gasteiger partial charge in [-0.05, 0) is 31.2 Å². The molecule has 1 aromatic heterocycles. The van der Waals surface area contributed by atoms with E-state index in [9.17, 15) is 9.59 Å². The molecule has 0 aliphatic carbocycles. The summed E-state index contributed by atoms with van der Waals surface area (Å²) in [7, 11) is 0. The van der Waals surface area contributed by atoms with Crippen LogP contribution in [0.25, 0.3) is 5.69 Å². The van der Waals surface area contributed by atoms with Gasteiger partial charge in [-0.3, -0.25) is 4.79 Å². The number of amides is 1. The van der Waals surface area contributed by atoms with Crippen LogP contribution >= 0.6 is 0 Å². The number of aromatic nitrogens is 2. The van der Waals surface area contributed by atoms with Crippen molar-refractivity contribution >= 4 is 17.6 Å². The zero-order chi connectivity index (χ0) is 15.2. The van der Waals surface area contributed by atoms with E-state index in [4.69, 9.17) is 10.5 Å². The Morgan fingerprint density at radius 3 is 2.86 bits per heavy atom. The lowest BCUT2D eigenvalue weighted by Crippen LogP contribution is -2.23. The van der Waals surface area contributed by atoms with E-state index in [1.165, 1.54) is 0 Å². The molecule has 0 fully saturated rings. The Hall–Kier alpha value is -2.67. The average Bonchev–Trinajstić information content (AvgIpc) is 3.01. The molecule has 2 aromatic rings. The summed E-state index contributed by atoms with van der Waals surface area (Å²) in [5.74, 6) is -0.894. The Morgan fingerprint density at radius 1 is 1.43 bits per heavy atom. The van der Waals surface area contributed by atoms with E-state index >= 15 is 0 Å². The Bertz CT molecular complexity index is 638. The molecule has 110 valence electrons. The summed E-state index contributed by atoms with van der Waals surface area (Å²) in [6.07, 6.45) is 3.39. The Kier molecular flexibility index (Phi) is 4.68. The Morgan fingerprint density at radius 2 is 2.24 bits per heavy atom. The summed E-state index contributed by atoms with van der Waals surface area (Å²) in [6.45, 7) is 1.80. The van der Waals surface area contributed by atoms with Gasteiger partial charge in [-0.15, -0.1) is 0 Å². The zero-order valence-corrected chi connectivity index (χ0v) is 11.6. The van der Waals surface area contributed by atoms with Crippen molar-refractivity contribution in [1.82, 2.24) is 9.78 Å². The monoisotopic (exact) mass is 288 g/mol. The fourth-order valence-corrected chi connectivity index (χ4v) is 1.79. The fraction of sp³-hybridized carbons (Fsp3) is 0.214. The minimum atomic E-state index is -0.503. The van der Waals surface area contributed by atoms with Gasteiger partial charge in [-0.1, -0.05) is 0 Å². The smallest absolute Gasteiger partial charge is 0.340 e.